The molecule has 0 saturated heterocycles. The molecule has 2 heteroatoms. The first-order valence-electron chi connectivity index (χ1n) is 7.42. The maximum absolute atomic E-state index is 3.66. The Morgan fingerprint density at radius 2 is 1.95 bits per heavy atom. The van der Waals surface area contributed by atoms with Crippen LogP contribution in [0.5, 0.6) is 0 Å². The Morgan fingerprint density at radius 1 is 1.15 bits per heavy atom. The molecule has 0 saturated carbocycles. The van der Waals surface area contributed by atoms with Crippen LogP contribution in [0, 0.1) is 6.92 Å². The predicted octanol–water partition coefficient (Wildman–Crippen LogP) is 4.21. The zero-order valence-corrected chi connectivity index (χ0v) is 12.3. The summed E-state index contributed by atoms with van der Waals surface area (Å²) in [5.41, 5.74) is 5.28. The largest absolute Gasteiger partial charge is 0.379 e. The van der Waals surface area contributed by atoms with Crippen LogP contribution >= 0.6 is 0 Å². The van der Waals surface area contributed by atoms with Crippen molar-refractivity contribution in [3.05, 3.63) is 59.7 Å². The van der Waals surface area contributed by atoms with E-state index in [2.05, 4.69) is 72.6 Å². The molecule has 0 radical (unpaired) electrons. The van der Waals surface area contributed by atoms with Gasteiger partial charge in [-0.2, -0.15) is 0 Å². The number of nitrogens with zero attached hydrogens (tertiary/aromatic N) is 1. The molecule has 1 N–H and O–H groups in total. The van der Waals surface area contributed by atoms with E-state index in [1.54, 1.807) is 0 Å². The maximum atomic E-state index is 3.66. The van der Waals surface area contributed by atoms with E-state index in [4.69, 9.17) is 0 Å². The maximum Gasteiger partial charge on any atom is 0.0606 e. The second kappa shape index (κ2) is 5.58. The molecule has 1 heterocycles. The Balaban J connectivity index is 1.90. The average molecular weight is 266 g/mol. The fourth-order valence-corrected chi connectivity index (χ4v) is 2.86. The minimum absolute atomic E-state index is 0.535. The fourth-order valence-electron chi connectivity index (χ4n) is 2.86. The summed E-state index contributed by atoms with van der Waals surface area (Å²) in [5, 5.41) is 3.66. The Hall–Kier alpha value is -1.96. The number of aryl methyl sites for hydroxylation is 1. The summed E-state index contributed by atoms with van der Waals surface area (Å²) < 4.78 is 0. The molecule has 0 aliphatic carbocycles. The van der Waals surface area contributed by atoms with Gasteiger partial charge in [0.05, 0.1) is 11.4 Å². The lowest BCUT2D eigenvalue weighted by Gasteiger charge is -2.37. The number of hydrogen-bond donors (Lipinski definition) is 1. The summed E-state index contributed by atoms with van der Waals surface area (Å²) in [6, 6.07) is 18.0. The molecule has 1 aliphatic rings. The van der Waals surface area contributed by atoms with Crippen molar-refractivity contribution < 1.29 is 0 Å². The normalized spacial score (nSPS) is 17.5. The van der Waals surface area contributed by atoms with Crippen molar-refractivity contribution in [3.63, 3.8) is 0 Å². The molecule has 1 unspecified atom stereocenters. The third kappa shape index (κ3) is 2.64. The van der Waals surface area contributed by atoms with Gasteiger partial charge in [0.25, 0.3) is 0 Å². The molecular weight excluding hydrogens is 244 g/mol. The van der Waals surface area contributed by atoms with Crippen molar-refractivity contribution in [2.75, 3.05) is 16.8 Å². The topological polar surface area (TPSA) is 15.3 Å². The molecule has 2 aromatic rings. The van der Waals surface area contributed by atoms with Crippen LogP contribution in [0.4, 0.5) is 11.4 Å². The molecule has 0 amide bonds. The third-order valence-corrected chi connectivity index (χ3v) is 4.00. The molecule has 0 aromatic heterocycles. The van der Waals surface area contributed by atoms with Crippen LogP contribution in [0.2, 0.25) is 0 Å². The smallest absolute Gasteiger partial charge is 0.0606 e. The Labute approximate surface area is 121 Å². The summed E-state index contributed by atoms with van der Waals surface area (Å²) in [7, 11) is 0. The number of benzene rings is 2. The van der Waals surface area contributed by atoms with E-state index in [0.717, 1.165) is 19.5 Å². The highest BCUT2D eigenvalue weighted by Gasteiger charge is 2.22. The summed E-state index contributed by atoms with van der Waals surface area (Å²) in [6.45, 7) is 6.45. The molecule has 1 aliphatic heterocycles. The monoisotopic (exact) mass is 266 g/mol. The van der Waals surface area contributed by atoms with Crippen LogP contribution < -0.4 is 10.2 Å². The van der Waals surface area contributed by atoms with Crippen molar-refractivity contribution in [1.82, 2.24) is 0 Å². The highest BCUT2D eigenvalue weighted by Crippen LogP contribution is 2.33. The number of nitrogens with one attached hydrogen (secondary N) is 1. The highest BCUT2D eigenvalue weighted by atomic mass is 15.2. The van der Waals surface area contributed by atoms with Crippen LogP contribution in [0.3, 0.4) is 0 Å². The van der Waals surface area contributed by atoms with Gasteiger partial charge < -0.3 is 10.2 Å². The van der Waals surface area contributed by atoms with Gasteiger partial charge in [0.15, 0.2) is 0 Å². The van der Waals surface area contributed by atoms with Gasteiger partial charge in [-0.25, -0.2) is 0 Å². The van der Waals surface area contributed by atoms with Gasteiger partial charge in [0.2, 0.25) is 0 Å². The van der Waals surface area contributed by atoms with E-state index in [1.807, 2.05) is 0 Å². The van der Waals surface area contributed by atoms with E-state index >= 15 is 0 Å². The van der Waals surface area contributed by atoms with E-state index < -0.39 is 0 Å². The van der Waals surface area contributed by atoms with Crippen molar-refractivity contribution in [1.29, 1.82) is 0 Å². The average Bonchev–Trinajstić information content (AvgIpc) is 2.47. The van der Waals surface area contributed by atoms with Crippen LogP contribution in [-0.2, 0) is 6.54 Å². The first-order chi connectivity index (χ1) is 9.76. The second-order valence-electron chi connectivity index (χ2n) is 5.64. The van der Waals surface area contributed by atoms with Crippen LogP contribution in [0.1, 0.15) is 24.5 Å². The molecular formula is C18H22N2. The van der Waals surface area contributed by atoms with Gasteiger partial charge in [-0.3, -0.25) is 0 Å². The molecule has 2 aromatic carbocycles. The van der Waals surface area contributed by atoms with Gasteiger partial charge >= 0.3 is 0 Å². The molecule has 104 valence electrons. The van der Waals surface area contributed by atoms with E-state index in [9.17, 15) is 0 Å². The lowest BCUT2D eigenvalue weighted by molar-refractivity contribution is 0.631. The van der Waals surface area contributed by atoms with Gasteiger partial charge in [0.1, 0.15) is 0 Å². The first kappa shape index (κ1) is 13.0. The Bertz CT molecular complexity index is 577. The molecule has 1 atom stereocenters. The zero-order chi connectivity index (χ0) is 13.9. The van der Waals surface area contributed by atoms with Crippen LogP contribution in [0.15, 0.2) is 48.5 Å². The van der Waals surface area contributed by atoms with Gasteiger partial charge in [-0.15, -0.1) is 0 Å². The predicted molar refractivity (Wildman–Crippen MR) is 86.4 cm³/mol. The summed E-state index contributed by atoms with van der Waals surface area (Å²) >= 11 is 0. The van der Waals surface area contributed by atoms with Crippen molar-refractivity contribution >= 4 is 11.4 Å². The van der Waals surface area contributed by atoms with Gasteiger partial charge in [0, 0.05) is 19.1 Å². The van der Waals surface area contributed by atoms with E-state index in [0.29, 0.717) is 6.04 Å². The number of anilines is 2. The van der Waals surface area contributed by atoms with E-state index in [-0.39, 0.29) is 0 Å². The zero-order valence-electron chi connectivity index (χ0n) is 12.3. The Morgan fingerprint density at radius 3 is 2.70 bits per heavy atom. The quantitative estimate of drug-likeness (QED) is 0.895. The third-order valence-electron chi connectivity index (χ3n) is 4.00. The minimum atomic E-state index is 0.535. The number of hydrogen-bond acceptors (Lipinski definition) is 2. The van der Waals surface area contributed by atoms with Gasteiger partial charge in [-0.1, -0.05) is 43.3 Å². The molecule has 2 nitrogen and oxygen atoms in total. The highest BCUT2D eigenvalue weighted by molar-refractivity contribution is 5.73. The lowest BCUT2D eigenvalue weighted by atomic mass is 10.0. The standard InChI is InChI=1S/C18H22N2/c1-3-16-13-20(12-15-7-5-4-6-8-15)18-10-9-14(2)11-17(18)19-16/h4-11,16,19H,3,12-13H2,1-2H3. The Kier molecular flexibility index (Phi) is 3.64. The summed E-state index contributed by atoms with van der Waals surface area (Å²) in [5.74, 6) is 0. The number of fused-ring (bicyclic) bond motifs is 1. The van der Waals surface area contributed by atoms with Crippen LogP contribution in [0.25, 0.3) is 0 Å². The lowest BCUT2D eigenvalue weighted by Crippen LogP contribution is -2.40. The SMILES string of the molecule is CCC1CN(Cc2ccccc2)c2ccc(C)cc2N1. The molecule has 0 fully saturated rings. The minimum Gasteiger partial charge on any atom is -0.379 e. The van der Waals surface area contributed by atoms with Crippen LogP contribution in [-0.4, -0.2) is 12.6 Å². The summed E-state index contributed by atoms with van der Waals surface area (Å²) in [6.07, 6.45) is 1.15. The molecule has 0 spiro atoms. The van der Waals surface area contributed by atoms with E-state index in [1.165, 1.54) is 22.5 Å². The number of rotatable bonds is 3. The second-order valence-corrected chi connectivity index (χ2v) is 5.64. The fraction of sp³-hybridized carbons (Fsp3) is 0.333. The first-order valence-corrected chi connectivity index (χ1v) is 7.42. The van der Waals surface area contributed by atoms with Crippen molar-refractivity contribution in [3.8, 4) is 0 Å². The molecule has 20 heavy (non-hydrogen) atoms. The van der Waals surface area contributed by atoms with Gasteiger partial charge in [-0.05, 0) is 36.6 Å². The van der Waals surface area contributed by atoms with Crippen molar-refractivity contribution in [2.45, 2.75) is 32.9 Å². The molecule has 3 rings (SSSR count). The molecule has 0 bridgehead atoms. The van der Waals surface area contributed by atoms with Crippen molar-refractivity contribution in [2.24, 2.45) is 0 Å². The summed E-state index contributed by atoms with van der Waals surface area (Å²) in [4.78, 5) is 2.49.